The maximum atomic E-state index is 15.0. The van der Waals surface area contributed by atoms with Crippen LogP contribution in [0.25, 0.3) is 10.9 Å². The SMILES string of the molecule is COCC1(F)CN(S(=O)(=O)N(OC(=O)C(F)(F)F)c2ccc(F)c(Nc3ccc4ncn(C)c(=O)c4c3C)c2Cl)C1. The number of aromatic nitrogens is 2. The van der Waals surface area contributed by atoms with E-state index in [2.05, 4.69) is 19.9 Å². The van der Waals surface area contributed by atoms with Gasteiger partial charge in [-0.05, 0) is 36.8 Å². The molecule has 4 rings (SSSR count). The van der Waals surface area contributed by atoms with Gasteiger partial charge in [0, 0.05) is 19.8 Å². The molecular weight excluding hydrogens is 605 g/mol. The van der Waals surface area contributed by atoms with Crippen LogP contribution in [0.4, 0.5) is 39.0 Å². The fourth-order valence-electron chi connectivity index (χ4n) is 4.07. The number of anilines is 3. The van der Waals surface area contributed by atoms with Crippen LogP contribution in [-0.4, -0.2) is 66.9 Å². The minimum absolute atomic E-state index is 0.117. The lowest BCUT2D eigenvalue weighted by Crippen LogP contribution is -2.65. The van der Waals surface area contributed by atoms with Crippen LogP contribution < -0.4 is 15.3 Å². The molecule has 0 unspecified atom stereocenters. The Morgan fingerprint density at radius 1 is 1.24 bits per heavy atom. The number of nitrogens with zero attached hydrogens (tertiary/aromatic N) is 4. The third kappa shape index (κ3) is 5.66. The van der Waals surface area contributed by atoms with Crippen LogP contribution in [0.1, 0.15) is 5.56 Å². The highest BCUT2D eigenvalue weighted by molar-refractivity contribution is 7.90. The Balaban J connectivity index is 1.79. The zero-order chi connectivity index (χ0) is 30.5. The van der Waals surface area contributed by atoms with Gasteiger partial charge in [-0.15, -0.1) is 0 Å². The number of rotatable bonds is 8. The van der Waals surface area contributed by atoms with E-state index in [0.29, 0.717) is 27.5 Å². The molecule has 1 N–H and O–H groups in total. The number of ether oxygens (including phenoxy) is 1. The highest BCUT2D eigenvalue weighted by Crippen LogP contribution is 2.41. The maximum Gasteiger partial charge on any atom is 0.493 e. The molecule has 41 heavy (non-hydrogen) atoms. The average Bonchev–Trinajstić information content (AvgIpc) is 2.86. The number of carbonyl (C=O) groups excluding carboxylic acids is 1. The van der Waals surface area contributed by atoms with Crippen LogP contribution in [-0.2, 0) is 31.6 Å². The molecule has 0 aliphatic carbocycles. The predicted octanol–water partition coefficient (Wildman–Crippen LogP) is 3.52. The van der Waals surface area contributed by atoms with E-state index in [9.17, 15) is 40.0 Å². The van der Waals surface area contributed by atoms with Crippen molar-refractivity contribution in [3.8, 4) is 0 Å². The number of alkyl halides is 4. The van der Waals surface area contributed by atoms with E-state index < -0.39 is 80.0 Å². The Labute approximate surface area is 234 Å². The number of halogens is 6. The standard InChI is InChI=1S/C23H21ClF5N5O6S/c1-12-14(5-6-15-17(12)20(35)32(2)11-30-15)31-19-13(25)4-7-16(18(19)24)34(40-21(36)23(27,28)29)41(37,38)33-8-22(26,9-33)10-39-3/h4-7,11,31H,8-10H2,1-3H3. The highest BCUT2D eigenvalue weighted by atomic mass is 35.5. The third-order valence-electron chi connectivity index (χ3n) is 6.13. The molecule has 222 valence electrons. The second kappa shape index (κ2) is 10.7. The van der Waals surface area contributed by atoms with E-state index in [-0.39, 0.29) is 11.1 Å². The van der Waals surface area contributed by atoms with Crippen LogP contribution in [0.5, 0.6) is 0 Å². The molecule has 1 aliphatic heterocycles. The molecular formula is C23H21ClF5N5O6S. The molecule has 1 saturated heterocycles. The van der Waals surface area contributed by atoms with Crippen molar-refractivity contribution in [2.24, 2.45) is 7.05 Å². The monoisotopic (exact) mass is 625 g/mol. The summed E-state index contributed by atoms with van der Waals surface area (Å²) < 4.78 is 101. The van der Waals surface area contributed by atoms with Gasteiger partial charge in [-0.2, -0.15) is 25.9 Å². The molecule has 1 aliphatic rings. The first-order valence-electron chi connectivity index (χ1n) is 11.5. The second-order valence-electron chi connectivity index (χ2n) is 9.14. The highest BCUT2D eigenvalue weighted by Gasteiger charge is 2.53. The molecule has 1 aromatic heterocycles. The molecule has 11 nitrogen and oxygen atoms in total. The molecule has 0 spiro atoms. The fourth-order valence-corrected chi connectivity index (χ4v) is 5.96. The van der Waals surface area contributed by atoms with Gasteiger partial charge in [0.1, 0.15) is 11.5 Å². The lowest BCUT2D eigenvalue weighted by atomic mass is 10.0. The summed E-state index contributed by atoms with van der Waals surface area (Å²) in [6.07, 6.45) is -4.34. The van der Waals surface area contributed by atoms with Gasteiger partial charge in [0.15, 0.2) is 5.67 Å². The Hall–Kier alpha value is -3.54. The molecule has 18 heteroatoms. The maximum absolute atomic E-state index is 15.0. The summed E-state index contributed by atoms with van der Waals surface area (Å²) in [5.41, 5.74) is -3.37. The summed E-state index contributed by atoms with van der Waals surface area (Å²) in [6, 6.07) is 4.18. The number of aryl methyl sites for hydroxylation is 2. The Morgan fingerprint density at radius 3 is 2.51 bits per heavy atom. The van der Waals surface area contributed by atoms with E-state index in [1.807, 2.05) is 0 Å². The Bertz CT molecular complexity index is 1690. The summed E-state index contributed by atoms with van der Waals surface area (Å²) in [4.78, 5) is 32.7. The van der Waals surface area contributed by atoms with Crippen molar-refractivity contribution in [1.29, 1.82) is 0 Å². The van der Waals surface area contributed by atoms with Gasteiger partial charge >= 0.3 is 22.4 Å². The van der Waals surface area contributed by atoms with Crippen molar-refractivity contribution in [3.05, 3.63) is 57.3 Å². The lowest BCUT2D eigenvalue weighted by molar-refractivity contribution is -0.199. The molecule has 2 heterocycles. The minimum Gasteiger partial charge on any atom is -0.381 e. The Morgan fingerprint density at radius 2 is 1.90 bits per heavy atom. The Kier molecular flexibility index (Phi) is 7.94. The fraction of sp³-hybridized carbons (Fsp3) is 0.348. The number of benzene rings is 2. The summed E-state index contributed by atoms with van der Waals surface area (Å²) >= 11 is 6.29. The van der Waals surface area contributed by atoms with Gasteiger partial charge in [0.05, 0.1) is 47.6 Å². The first-order chi connectivity index (χ1) is 19.0. The predicted molar refractivity (Wildman–Crippen MR) is 137 cm³/mol. The van der Waals surface area contributed by atoms with Crippen molar-refractivity contribution in [3.63, 3.8) is 0 Å². The van der Waals surface area contributed by atoms with Crippen LogP contribution in [0.15, 0.2) is 35.4 Å². The van der Waals surface area contributed by atoms with E-state index in [4.69, 9.17) is 11.6 Å². The molecule has 1 fully saturated rings. The number of fused-ring (bicyclic) bond motifs is 1. The van der Waals surface area contributed by atoms with E-state index in [1.54, 1.807) is 0 Å². The van der Waals surface area contributed by atoms with Gasteiger partial charge in [-0.25, -0.2) is 18.6 Å². The second-order valence-corrected chi connectivity index (χ2v) is 11.3. The topological polar surface area (TPSA) is 123 Å². The van der Waals surface area contributed by atoms with Crippen molar-refractivity contribution in [2.75, 3.05) is 36.6 Å². The number of hydrogen-bond acceptors (Lipinski definition) is 8. The zero-order valence-corrected chi connectivity index (χ0v) is 23.0. The van der Waals surface area contributed by atoms with Gasteiger partial charge in [0.25, 0.3) is 5.56 Å². The van der Waals surface area contributed by atoms with Gasteiger partial charge in [-0.3, -0.25) is 4.79 Å². The van der Waals surface area contributed by atoms with Gasteiger partial charge < -0.3 is 19.5 Å². The van der Waals surface area contributed by atoms with E-state index >= 15 is 0 Å². The number of methoxy groups -OCH3 is 1. The largest absolute Gasteiger partial charge is 0.493 e. The number of hydrogen-bond donors (Lipinski definition) is 1. The number of nitrogens with one attached hydrogen (secondary N) is 1. The zero-order valence-electron chi connectivity index (χ0n) is 21.4. The van der Waals surface area contributed by atoms with Crippen molar-refractivity contribution >= 4 is 55.7 Å². The smallest absolute Gasteiger partial charge is 0.381 e. The summed E-state index contributed by atoms with van der Waals surface area (Å²) in [7, 11) is -2.57. The van der Waals surface area contributed by atoms with Crippen LogP contribution in [0.3, 0.4) is 0 Å². The molecule has 0 atom stereocenters. The summed E-state index contributed by atoms with van der Waals surface area (Å²) in [5.74, 6) is -4.02. The number of carbonyl (C=O) groups is 1. The van der Waals surface area contributed by atoms with Crippen LogP contribution >= 0.6 is 11.6 Å². The normalized spacial score (nSPS) is 15.4. The lowest BCUT2D eigenvalue weighted by Gasteiger charge is -2.44. The van der Waals surface area contributed by atoms with Gasteiger partial charge in [-0.1, -0.05) is 16.1 Å². The van der Waals surface area contributed by atoms with Crippen molar-refractivity contribution in [1.82, 2.24) is 13.9 Å². The van der Waals surface area contributed by atoms with E-state index in [0.717, 1.165) is 7.11 Å². The minimum atomic E-state index is -5.64. The first-order valence-corrected chi connectivity index (χ1v) is 13.2. The van der Waals surface area contributed by atoms with Crippen molar-refractivity contribution < 1.29 is 44.7 Å². The van der Waals surface area contributed by atoms with Crippen LogP contribution in [0, 0.1) is 12.7 Å². The van der Waals surface area contributed by atoms with Crippen LogP contribution in [0.2, 0.25) is 5.02 Å². The molecule has 0 amide bonds. The van der Waals surface area contributed by atoms with Gasteiger partial charge in [0.2, 0.25) is 0 Å². The molecule has 3 aromatic rings. The summed E-state index contributed by atoms with van der Waals surface area (Å²) in [5, 5.41) is 1.96. The summed E-state index contributed by atoms with van der Waals surface area (Å²) in [6.45, 7) is -0.687. The molecule has 2 aromatic carbocycles. The molecule has 0 radical (unpaired) electrons. The van der Waals surface area contributed by atoms with Crippen molar-refractivity contribution in [2.45, 2.75) is 18.8 Å². The average molecular weight is 626 g/mol. The quantitative estimate of drug-likeness (QED) is 0.298. The molecule has 0 saturated carbocycles. The van der Waals surface area contributed by atoms with E-state index in [1.165, 1.54) is 37.0 Å². The third-order valence-corrected chi connectivity index (χ3v) is 8.11. The molecule has 0 bridgehead atoms. The first kappa shape index (κ1) is 30.4.